The molecular formula is C28H25N3O6. The zero-order valence-electron chi connectivity index (χ0n) is 20.7. The molecule has 0 saturated heterocycles. The van der Waals surface area contributed by atoms with E-state index in [1.54, 1.807) is 30.6 Å². The van der Waals surface area contributed by atoms with E-state index in [1.807, 2.05) is 43.9 Å². The Kier molecular flexibility index (Phi) is 5.18. The molecule has 0 aromatic heterocycles. The van der Waals surface area contributed by atoms with E-state index in [-0.39, 0.29) is 17.1 Å². The Morgan fingerprint density at radius 1 is 1.05 bits per heavy atom. The lowest BCUT2D eigenvalue weighted by Gasteiger charge is -2.27. The van der Waals surface area contributed by atoms with Gasteiger partial charge in [-0.1, -0.05) is 24.3 Å². The number of benzene rings is 2. The fourth-order valence-electron chi connectivity index (χ4n) is 5.06. The lowest BCUT2D eigenvalue weighted by molar-refractivity contribution is -0.156. The number of hydrogen-bond acceptors (Lipinski definition) is 8. The van der Waals surface area contributed by atoms with Gasteiger partial charge >= 0.3 is 5.97 Å². The van der Waals surface area contributed by atoms with Gasteiger partial charge in [0.05, 0.1) is 22.5 Å². The van der Waals surface area contributed by atoms with Gasteiger partial charge in [-0.2, -0.15) is 0 Å². The lowest BCUT2D eigenvalue weighted by Crippen LogP contribution is -2.40. The van der Waals surface area contributed by atoms with Crippen LogP contribution < -0.4 is 19.7 Å². The minimum absolute atomic E-state index is 0.169. The number of esters is 1. The number of rotatable bonds is 3. The Balaban J connectivity index is 1.46. The predicted molar refractivity (Wildman–Crippen MR) is 135 cm³/mol. The van der Waals surface area contributed by atoms with Crippen molar-refractivity contribution in [2.75, 3.05) is 18.1 Å². The molecule has 0 spiro atoms. The van der Waals surface area contributed by atoms with Crippen molar-refractivity contribution in [3.05, 3.63) is 71.1 Å². The number of para-hydroxylation sites is 1. The summed E-state index contributed by atoms with van der Waals surface area (Å²) in [6, 6.07) is 10.3. The normalized spacial score (nSPS) is 19.9. The molecule has 2 amide bonds. The van der Waals surface area contributed by atoms with E-state index in [9.17, 15) is 14.4 Å². The maximum absolute atomic E-state index is 13.2. The van der Waals surface area contributed by atoms with Crippen LogP contribution in [0, 0.1) is 0 Å². The fourth-order valence-corrected chi connectivity index (χ4v) is 5.06. The van der Waals surface area contributed by atoms with Gasteiger partial charge in [-0.3, -0.25) is 19.9 Å². The molecule has 2 aromatic rings. The number of nitrogens with one attached hydrogen (secondary N) is 1. The maximum Gasteiger partial charge on any atom is 0.329 e. The number of amides is 2. The smallest absolute Gasteiger partial charge is 0.329 e. The van der Waals surface area contributed by atoms with Crippen molar-refractivity contribution in [2.24, 2.45) is 4.99 Å². The van der Waals surface area contributed by atoms with Crippen LogP contribution in [0.5, 0.6) is 11.5 Å². The second kappa shape index (κ2) is 8.33. The van der Waals surface area contributed by atoms with Gasteiger partial charge < -0.3 is 19.1 Å². The Bertz CT molecular complexity index is 1460. The van der Waals surface area contributed by atoms with E-state index in [4.69, 9.17) is 14.2 Å². The minimum atomic E-state index is -0.627. The molecule has 37 heavy (non-hydrogen) atoms. The summed E-state index contributed by atoms with van der Waals surface area (Å²) in [6.07, 6.45) is 3.72. The van der Waals surface area contributed by atoms with Gasteiger partial charge in [-0.05, 0) is 44.0 Å². The zero-order chi connectivity index (χ0) is 25.9. The van der Waals surface area contributed by atoms with E-state index < -0.39 is 23.5 Å². The molecule has 6 rings (SSSR count). The third kappa shape index (κ3) is 3.87. The van der Waals surface area contributed by atoms with Crippen molar-refractivity contribution in [3.63, 3.8) is 0 Å². The number of anilines is 1. The van der Waals surface area contributed by atoms with Crippen molar-refractivity contribution >= 4 is 34.8 Å². The van der Waals surface area contributed by atoms with Crippen LogP contribution in [0.2, 0.25) is 0 Å². The number of imide groups is 1. The summed E-state index contributed by atoms with van der Waals surface area (Å²) >= 11 is 0. The summed E-state index contributed by atoms with van der Waals surface area (Å²) in [5.74, 6) is -0.287. The third-order valence-electron chi connectivity index (χ3n) is 6.49. The molecule has 0 bridgehead atoms. The van der Waals surface area contributed by atoms with Crippen molar-refractivity contribution in [3.8, 4) is 11.5 Å². The highest BCUT2D eigenvalue weighted by Gasteiger charge is 2.42. The first-order chi connectivity index (χ1) is 17.7. The first-order valence-electron chi connectivity index (χ1n) is 12.1. The van der Waals surface area contributed by atoms with E-state index in [0.717, 1.165) is 11.3 Å². The van der Waals surface area contributed by atoms with Gasteiger partial charge in [0, 0.05) is 24.4 Å². The van der Waals surface area contributed by atoms with Gasteiger partial charge in [-0.15, -0.1) is 0 Å². The second-order valence-electron chi connectivity index (χ2n) is 10.1. The van der Waals surface area contributed by atoms with E-state index in [1.165, 1.54) is 0 Å². The molecule has 1 atom stereocenters. The molecule has 1 N–H and O–H groups in total. The Hall–Kier alpha value is -4.40. The molecule has 0 fully saturated rings. The van der Waals surface area contributed by atoms with Crippen molar-refractivity contribution in [1.82, 2.24) is 5.32 Å². The second-order valence-corrected chi connectivity index (χ2v) is 10.1. The number of carbonyl (C=O) groups excluding carboxylic acids is 3. The van der Waals surface area contributed by atoms with Gasteiger partial charge in [-0.25, -0.2) is 4.79 Å². The van der Waals surface area contributed by atoms with Gasteiger partial charge in [0.25, 0.3) is 11.8 Å². The average molecular weight is 500 g/mol. The first kappa shape index (κ1) is 23.0. The zero-order valence-corrected chi connectivity index (χ0v) is 20.7. The minimum Gasteiger partial charge on any atom is -0.486 e. The van der Waals surface area contributed by atoms with Crippen LogP contribution >= 0.6 is 0 Å². The van der Waals surface area contributed by atoms with Crippen molar-refractivity contribution in [2.45, 2.75) is 38.8 Å². The van der Waals surface area contributed by atoms with Crippen LogP contribution in [0.1, 0.15) is 37.5 Å². The molecule has 4 aliphatic heterocycles. The molecule has 0 radical (unpaired) electrons. The topological polar surface area (TPSA) is 107 Å². The molecular weight excluding hydrogens is 474 g/mol. The highest BCUT2D eigenvalue weighted by Crippen LogP contribution is 2.41. The van der Waals surface area contributed by atoms with E-state index >= 15 is 0 Å². The summed E-state index contributed by atoms with van der Waals surface area (Å²) in [5, 5.41) is 2.42. The lowest BCUT2D eigenvalue weighted by atomic mass is 9.92. The highest BCUT2D eigenvalue weighted by atomic mass is 16.6. The summed E-state index contributed by atoms with van der Waals surface area (Å²) in [5.41, 5.74) is 2.99. The van der Waals surface area contributed by atoms with E-state index in [2.05, 4.69) is 10.3 Å². The molecule has 1 unspecified atom stereocenters. The van der Waals surface area contributed by atoms with Crippen LogP contribution in [0.3, 0.4) is 0 Å². The van der Waals surface area contributed by atoms with Crippen LogP contribution in [0.15, 0.2) is 59.4 Å². The van der Waals surface area contributed by atoms with Crippen LogP contribution in [0.25, 0.3) is 5.57 Å². The fraction of sp³-hybridized carbons (Fsp3) is 0.286. The molecule has 9 heteroatoms. The number of carbonyl (C=O) groups is 3. The standard InChI is InChI=1S/C28H25N3O6/c1-28(2,3)37-27(34)18-13-16-5-4-6-17-23(29-9-10-31(18)24(16)17)22-21(25(32)30-26(22)33)15-7-8-19-20(14-15)36-12-11-35-19/h4-10,14,18H,11-13H2,1-3H3,(H,30,32,33). The number of ether oxygens (including phenoxy) is 3. The molecule has 4 heterocycles. The van der Waals surface area contributed by atoms with E-state index in [0.29, 0.717) is 48.0 Å². The predicted octanol–water partition coefficient (Wildman–Crippen LogP) is 2.91. The third-order valence-corrected chi connectivity index (χ3v) is 6.49. The summed E-state index contributed by atoms with van der Waals surface area (Å²) in [7, 11) is 0. The SMILES string of the molecule is CC(C)(C)OC(=O)C1Cc2cccc3c2N1C=CN=C3C1=C(c2ccc3c(c2)OCCO3)C(=O)NC1=O. The number of hydrogen-bond donors (Lipinski definition) is 1. The Labute approximate surface area is 213 Å². The van der Waals surface area contributed by atoms with Crippen LogP contribution in [-0.4, -0.2) is 48.4 Å². The summed E-state index contributed by atoms with van der Waals surface area (Å²) < 4.78 is 17.0. The van der Waals surface area contributed by atoms with Gasteiger partial charge in [0.15, 0.2) is 11.5 Å². The number of nitrogens with zero attached hydrogens (tertiary/aromatic N) is 2. The monoisotopic (exact) mass is 499 g/mol. The van der Waals surface area contributed by atoms with Crippen LogP contribution in [-0.2, 0) is 25.5 Å². The quantitative estimate of drug-likeness (QED) is 0.511. The maximum atomic E-state index is 13.2. The number of aliphatic imine (C=N–C) groups is 1. The van der Waals surface area contributed by atoms with Crippen LogP contribution in [0.4, 0.5) is 5.69 Å². The number of fused-ring (bicyclic) bond motifs is 1. The molecule has 188 valence electrons. The van der Waals surface area contributed by atoms with Gasteiger partial charge in [0.2, 0.25) is 0 Å². The molecule has 4 aliphatic rings. The molecule has 0 aliphatic carbocycles. The Morgan fingerprint density at radius 2 is 1.81 bits per heavy atom. The van der Waals surface area contributed by atoms with Crippen molar-refractivity contribution < 1.29 is 28.6 Å². The molecule has 0 saturated carbocycles. The molecule has 9 nitrogen and oxygen atoms in total. The summed E-state index contributed by atoms with van der Waals surface area (Å²) in [4.78, 5) is 45.7. The first-order valence-corrected chi connectivity index (χ1v) is 12.1. The van der Waals surface area contributed by atoms with Gasteiger partial charge in [0.1, 0.15) is 24.9 Å². The largest absolute Gasteiger partial charge is 0.486 e. The van der Waals surface area contributed by atoms with Crippen molar-refractivity contribution in [1.29, 1.82) is 0 Å². The Morgan fingerprint density at radius 3 is 2.59 bits per heavy atom. The summed E-state index contributed by atoms with van der Waals surface area (Å²) in [6.45, 7) is 6.34. The highest BCUT2D eigenvalue weighted by molar-refractivity contribution is 6.48. The molecule has 2 aromatic carbocycles. The average Bonchev–Trinajstić information content (AvgIpc) is 3.29.